The minimum atomic E-state index is -1.45. The molecule has 0 saturated heterocycles. The van der Waals surface area contributed by atoms with Gasteiger partial charge in [-0.15, -0.1) is 23.7 Å². The van der Waals surface area contributed by atoms with E-state index < -0.39 is 29.9 Å². The van der Waals surface area contributed by atoms with E-state index in [2.05, 4.69) is 10.9 Å². The minimum Gasteiger partial charge on any atom is -0.464 e. The maximum absolute atomic E-state index is 13.1. The van der Waals surface area contributed by atoms with E-state index in [1.807, 2.05) is 30.3 Å². The zero-order valence-corrected chi connectivity index (χ0v) is 18.7. The molecule has 2 rings (SSSR count). The highest BCUT2D eigenvalue weighted by atomic mass is 32.1. The number of esters is 2. The van der Waals surface area contributed by atoms with Gasteiger partial charge in [-0.2, -0.15) is 0 Å². The Morgan fingerprint density at radius 3 is 2.61 bits per heavy atom. The third-order valence-corrected chi connectivity index (χ3v) is 4.86. The molecule has 0 N–H and O–H groups in total. The van der Waals surface area contributed by atoms with Crippen molar-refractivity contribution in [3.63, 3.8) is 0 Å². The van der Waals surface area contributed by atoms with Gasteiger partial charge in [-0.05, 0) is 19.4 Å². The van der Waals surface area contributed by atoms with Crippen LogP contribution < -0.4 is 0 Å². The van der Waals surface area contributed by atoms with Gasteiger partial charge in [-0.1, -0.05) is 30.3 Å². The Morgan fingerprint density at radius 1 is 1.29 bits per heavy atom. The van der Waals surface area contributed by atoms with Crippen molar-refractivity contribution in [1.29, 1.82) is 0 Å². The number of thiazole rings is 1. The summed E-state index contributed by atoms with van der Waals surface area (Å²) in [6, 6.07) is 9.50. The number of hydrogen-bond acceptors (Lipinski definition) is 8. The Bertz CT molecular complexity index is 864. The fourth-order valence-corrected chi connectivity index (χ4v) is 3.57. The van der Waals surface area contributed by atoms with Gasteiger partial charge >= 0.3 is 11.9 Å². The molecular formula is C23H27NO6S. The van der Waals surface area contributed by atoms with Crippen molar-refractivity contribution in [2.45, 2.75) is 51.6 Å². The number of carbonyl (C=O) groups is 2. The molecule has 31 heavy (non-hydrogen) atoms. The molecule has 1 heterocycles. The maximum Gasteiger partial charge on any atom is 0.345 e. The summed E-state index contributed by atoms with van der Waals surface area (Å²) in [4.78, 5) is 28.8. The molecule has 0 spiro atoms. The SMILES string of the molecule is C#CCC(OC(C)=O)OC(C)COC(Cc1ccccc1)(C(=O)OCC)c1cscn1. The fraction of sp³-hybridized carbons (Fsp3) is 0.435. The van der Waals surface area contributed by atoms with Gasteiger partial charge in [0.25, 0.3) is 0 Å². The lowest BCUT2D eigenvalue weighted by Crippen LogP contribution is -2.44. The standard InChI is InChI=1S/C23H27NO6S/c1-5-10-21(30-18(4)25)29-17(3)14-28-23(22(26)27-6-2,20-15-31-16-24-20)13-19-11-8-7-9-12-19/h1,7-9,11-12,15-17,21H,6,10,13-14H2,2-4H3. The molecule has 1 aromatic heterocycles. The van der Waals surface area contributed by atoms with Gasteiger partial charge < -0.3 is 18.9 Å². The zero-order chi connectivity index (χ0) is 22.7. The van der Waals surface area contributed by atoms with E-state index in [9.17, 15) is 9.59 Å². The second kappa shape index (κ2) is 12.2. The van der Waals surface area contributed by atoms with E-state index in [0.29, 0.717) is 5.69 Å². The largest absolute Gasteiger partial charge is 0.464 e. The van der Waals surface area contributed by atoms with Crippen molar-refractivity contribution in [3.05, 3.63) is 52.5 Å². The monoisotopic (exact) mass is 445 g/mol. The summed E-state index contributed by atoms with van der Waals surface area (Å²) in [5.74, 6) is 1.39. The fourth-order valence-electron chi connectivity index (χ4n) is 2.95. The summed E-state index contributed by atoms with van der Waals surface area (Å²) in [6.07, 6.45) is 4.24. The van der Waals surface area contributed by atoms with E-state index in [-0.39, 0.29) is 26.1 Å². The molecule has 0 aliphatic rings. The van der Waals surface area contributed by atoms with Gasteiger partial charge in [-0.3, -0.25) is 4.79 Å². The van der Waals surface area contributed by atoms with Crippen LogP contribution in [0.15, 0.2) is 41.2 Å². The van der Waals surface area contributed by atoms with Crippen LogP contribution >= 0.6 is 11.3 Å². The van der Waals surface area contributed by atoms with Crippen LogP contribution in [0.25, 0.3) is 0 Å². The topological polar surface area (TPSA) is 84.0 Å². The summed E-state index contributed by atoms with van der Waals surface area (Å²) >= 11 is 1.36. The number of ether oxygens (including phenoxy) is 4. The highest BCUT2D eigenvalue weighted by molar-refractivity contribution is 7.07. The maximum atomic E-state index is 13.1. The summed E-state index contributed by atoms with van der Waals surface area (Å²) < 4.78 is 22.4. The van der Waals surface area contributed by atoms with Crippen molar-refractivity contribution >= 4 is 23.3 Å². The number of carbonyl (C=O) groups excluding carboxylic acids is 2. The first kappa shape index (κ1) is 24.5. The molecule has 0 aliphatic heterocycles. The first-order valence-electron chi connectivity index (χ1n) is 9.91. The Balaban J connectivity index is 2.26. The summed E-state index contributed by atoms with van der Waals surface area (Å²) in [7, 11) is 0. The van der Waals surface area contributed by atoms with E-state index in [1.165, 1.54) is 18.3 Å². The van der Waals surface area contributed by atoms with Gasteiger partial charge in [0.1, 0.15) is 0 Å². The molecule has 3 atom stereocenters. The van der Waals surface area contributed by atoms with Crippen LogP contribution in [0.3, 0.4) is 0 Å². The average Bonchev–Trinajstić information content (AvgIpc) is 3.27. The number of nitrogens with zero attached hydrogens (tertiary/aromatic N) is 1. The molecular weight excluding hydrogens is 418 g/mol. The summed E-state index contributed by atoms with van der Waals surface area (Å²) in [5, 5.41) is 1.77. The predicted molar refractivity (Wildman–Crippen MR) is 116 cm³/mol. The van der Waals surface area contributed by atoms with Crippen LogP contribution in [-0.4, -0.2) is 42.5 Å². The van der Waals surface area contributed by atoms with Crippen molar-refractivity contribution < 1.29 is 28.5 Å². The summed E-state index contributed by atoms with van der Waals surface area (Å²) in [6.45, 7) is 4.98. The Kier molecular flexibility index (Phi) is 9.66. The molecule has 0 amide bonds. The number of rotatable bonds is 12. The quantitative estimate of drug-likeness (QED) is 0.281. The average molecular weight is 446 g/mol. The normalized spacial score (nSPS) is 14.6. The Hall–Kier alpha value is -2.73. The van der Waals surface area contributed by atoms with Crippen molar-refractivity contribution in [2.24, 2.45) is 0 Å². The highest BCUT2D eigenvalue weighted by Crippen LogP contribution is 2.32. The molecule has 0 radical (unpaired) electrons. The molecule has 8 heteroatoms. The van der Waals surface area contributed by atoms with Crippen molar-refractivity contribution in [1.82, 2.24) is 4.98 Å². The smallest absolute Gasteiger partial charge is 0.345 e. The lowest BCUT2D eigenvalue weighted by molar-refractivity contribution is -0.202. The Labute approximate surface area is 186 Å². The number of hydrogen-bond donors (Lipinski definition) is 0. The summed E-state index contributed by atoms with van der Waals surface area (Å²) in [5.41, 5.74) is 1.55. The third kappa shape index (κ3) is 7.17. The van der Waals surface area contributed by atoms with Gasteiger partial charge in [-0.25, -0.2) is 9.78 Å². The van der Waals surface area contributed by atoms with Gasteiger partial charge in [0.15, 0.2) is 0 Å². The predicted octanol–water partition coefficient (Wildman–Crippen LogP) is 3.48. The number of aromatic nitrogens is 1. The Morgan fingerprint density at radius 2 is 2.03 bits per heavy atom. The van der Waals surface area contributed by atoms with Crippen molar-refractivity contribution in [3.8, 4) is 12.3 Å². The first-order valence-corrected chi connectivity index (χ1v) is 10.9. The van der Waals surface area contributed by atoms with E-state index in [1.54, 1.807) is 24.7 Å². The molecule has 3 unspecified atom stereocenters. The molecule has 0 saturated carbocycles. The number of benzene rings is 1. The zero-order valence-electron chi connectivity index (χ0n) is 17.9. The molecule has 7 nitrogen and oxygen atoms in total. The van der Waals surface area contributed by atoms with Gasteiger partial charge in [0, 0.05) is 18.7 Å². The number of terminal acetylenes is 1. The van der Waals surface area contributed by atoms with E-state index in [0.717, 1.165) is 5.56 Å². The molecule has 166 valence electrons. The minimum absolute atomic E-state index is 0.0194. The van der Waals surface area contributed by atoms with Crippen LogP contribution in [-0.2, 0) is 40.6 Å². The second-order valence-electron chi connectivity index (χ2n) is 6.79. The van der Waals surface area contributed by atoms with Gasteiger partial charge in [0.2, 0.25) is 11.9 Å². The van der Waals surface area contributed by atoms with Crippen molar-refractivity contribution in [2.75, 3.05) is 13.2 Å². The van der Waals surface area contributed by atoms with Crippen LogP contribution in [0.2, 0.25) is 0 Å². The lowest BCUT2D eigenvalue weighted by Gasteiger charge is -2.32. The first-order chi connectivity index (χ1) is 14.9. The lowest BCUT2D eigenvalue weighted by atomic mass is 9.91. The molecule has 0 bridgehead atoms. The van der Waals surface area contributed by atoms with E-state index in [4.69, 9.17) is 25.4 Å². The van der Waals surface area contributed by atoms with E-state index >= 15 is 0 Å². The molecule has 2 aromatic rings. The molecule has 0 aliphatic carbocycles. The van der Waals surface area contributed by atoms with Crippen LogP contribution in [0.4, 0.5) is 0 Å². The third-order valence-electron chi connectivity index (χ3n) is 4.28. The molecule has 0 fully saturated rings. The second-order valence-corrected chi connectivity index (χ2v) is 7.51. The van der Waals surface area contributed by atoms with Crippen LogP contribution in [0.5, 0.6) is 0 Å². The van der Waals surface area contributed by atoms with Gasteiger partial charge in [0.05, 0.1) is 36.9 Å². The molecule has 1 aromatic carbocycles. The van der Waals surface area contributed by atoms with Crippen LogP contribution in [0.1, 0.15) is 38.4 Å². The highest BCUT2D eigenvalue weighted by Gasteiger charge is 2.45. The van der Waals surface area contributed by atoms with Crippen LogP contribution in [0, 0.1) is 12.3 Å².